The van der Waals surface area contributed by atoms with Crippen molar-refractivity contribution in [1.82, 2.24) is 29.9 Å². The van der Waals surface area contributed by atoms with Crippen LogP contribution in [0.2, 0.25) is 0 Å². The number of fused-ring (bicyclic) bond motifs is 1. The van der Waals surface area contributed by atoms with E-state index < -0.39 is 0 Å². The molecule has 0 amide bonds. The lowest BCUT2D eigenvalue weighted by Crippen LogP contribution is -2.36. The van der Waals surface area contributed by atoms with Crippen molar-refractivity contribution >= 4 is 5.82 Å². The van der Waals surface area contributed by atoms with Gasteiger partial charge in [-0.25, -0.2) is 9.67 Å². The first-order valence-electron chi connectivity index (χ1n) is 10.2. The van der Waals surface area contributed by atoms with Crippen LogP contribution in [0.5, 0.6) is 5.88 Å². The van der Waals surface area contributed by atoms with Crippen LogP contribution in [-0.2, 0) is 0 Å². The number of methoxy groups -OCH3 is 1. The summed E-state index contributed by atoms with van der Waals surface area (Å²) in [4.78, 5) is 7.30. The van der Waals surface area contributed by atoms with Gasteiger partial charge in [-0.2, -0.15) is 5.10 Å². The van der Waals surface area contributed by atoms with Crippen molar-refractivity contribution in [3.05, 3.63) is 42.7 Å². The molecule has 3 unspecified atom stereocenters. The second-order valence-electron chi connectivity index (χ2n) is 8.11. The van der Waals surface area contributed by atoms with Crippen molar-refractivity contribution < 1.29 is 4.74 Å². The molecule has 3 fully saturated rings. The van der Waals surface area contributed by atoms with E-state index in [0.29, 0.717) is 11.9 Å². The van der Waals surface area contributed by atoms with E-state index >= 15 is 0 Å². The van der Waals surface area contributed by atoms with Gasteiger partial charge in [0.25, 0.3) is 0 Å². The Morgan fingerprint density at radius 3 is 2.72 bits per heavy atom. The molecule has 3 saturated heterocycles. The Kier molecular flexibility index (Phi) is 3.80. The minimum atomic E-state index is 0.498. The lowest BCUT2D eigenvalue weighted by molar-refractivity contribution is 0.288. The van der Waals surface area contributed by atoms with Crippen molar-refractivity contribution in [2.45, 2.75) is 49.9 Å². The van der Waals surface area contributed by atoms with Crippen molar-refractivity contribution in [3.8, 4) is 23.0 Å². The molecule has 8 nitrogen and oxygen atoms in total. The molecule has 3 aliphatic heterocycles. The predicted octanol–water partition coefficient (Wildman–Crippen LogP) is 2.52. The molecule has 29 heavy (non-hydrogen) atoms. The molecule has 0 saturated carbocycles. The number of rotatable bonds is 5. The van der Waals surface area contributed by atoms with Gasteiger partial charge in [0.05, 0.1) is 12.8 Å². The number of anilines is 1. The highest BCUT2D eigenvalue weighted by Gasteiger charge is 2.58. The van der Waals surface area contributed by atoms with Crippen LogP contribution in [0.4, 0.5) is 5.82 Å². The maximum Gasteiger partial charge on any atom is 0.240 e. The van der Waals surface area contributed by atoms with Gasteiger partial charge in [-0.3, -0.25) is 4.90 Å². The maximum absolute atomic E-state index is 5.46. The van der Waals surface area contributed by atoms with Crippen LogP contribution in [0.1, 0.15) is 25.7 Å². The molecule has 5 atom stereocenters. The Balaban J connectivity index is 1.18. The van der Waals surface area contributed by atoms with Crippen LogP contribution < -0.4 is 10.1 Å². The van der Waals surface area contributed by atoms with Gasteiger partial charge in [0.1, 0.15) is 17.2 Å². The summed E-state index contributed by atoms with van der Waals surface area (Å²) in [6, 6.07) is 12.6. The Labute approximate surface area is 168 Å². The highest BCUT2D eigenvalue weighted by molar-refractivity contribution is 5.59. The molecular formula is C21H23N7O. The summed E-state index contributed by atoms with van der Waals surface area (Å²) < 4.78 is 7.19. The first-order chi connectivity index (χ1) is 14.3. The highest BCUT2D eigenvalue weighted by atomic mass is 16.5. The number of nitrogens with one attached hydrogen (secondary N) is 1. The van der Waals surface area contributed by atoms with Crippen LogP contribution >= 0.6 is 0 Å². The molecule has 3 aromatic heterocycles. The summed E-state index contributed by atoms with van der Waals surface area (Å²) in [7, 11) is 1.61. The number of hydrogen-bond acceptors (Lipinski definition) is 7. The van der Waals surface area contributed by atoms with E-state index in [1.54, 1.807) is 18.0 Å². The molecule has 0 radical (unpaired) electrons. The fraction of sp³-hybridized carbons (Fsp3) is 0.429. The Morgan fingerprint density at radius 2 is 1.97 bits per heavy atom. The average molecular weight is 389 g/mol. The molecule has 3 aliphatic rings. The molecule has 0 aliphatic carbocycles. The van der Waals surface area contributed by atoms with Crippen molar-refractivity contribution in [2.24, 2.45) is 0 Å². The molecule has 6 rings (SSSR count). The maximum atomic E-state index is 5.46. The molecule has 0 aromatic carbocycles. The minimum Gasteiger partial charge on any atom is -0.479 e. The fourth-order valence-corrected chi connectivity index (χ4v) is 5.17. The van der Waals surface area contributed by atoms with Gasteiger partial charge in [0, 0.05) is 36.6 Å². The predicted molar refractivity (Wildman–Crippen MR) is 108 cm³/mol. The van der Waals surface area contributed by atoms with Gasteiger partial charge in [-0.15, -0.1) is 10.2 Å². The Bertz CT molecular complexity index is 1020. The second kappa shape index (κ2) is 6.52. The zero-order valence-electron chi connectivity index (χ0n) is 16.3. The first-order valence-corrected chi connectivity index (χ1v) is 10.2. The standard InChI is InChI=1S/C21H23N7O/c1-29-21-18(27-10-2-9-22-27)7-4-15(24-21)16-5-8-20(26-25-16)23-13-11-14-3-6-17-19(12-13)28(14)17/h2,4-5,7-10,13-14,17,19H,3,6,11-12H2,1H3,(H,23,26)/t13?,14-,17+,19?,28?/m0/s1. The van der Waals surface area contributed by atoms with E-state index in [0.717, 1.165) is 41.0 Å². The average Bonchev–Trinajstić information content (AvgIpc) is 3.11. The minimum absolute atomic E-state index is 0.498. The zero-order valence-corrected chi connectivity index (χ0v) is 16.3. The molecular weight excluding hydrogens is 366 g/mol. The van der Waals surface area contributed by atoms with E-state index in [-0.39, 0.29) is 0 Å². The molecule has 0 spiro atoms. The van der Waals surface area contributed by atoms with E-state index in [1.165, 1.54) is 25.7 Å². The number of piperidine rings is 2. The number of ether oxygens (including phenoxy) is 1. The van der Waals surface area contributed by atoms with E-state index in [1.807, 2.05) is 36.5 Å². The monoisotopic (exact) mass is 389 g/mol. The molecule has 3 aromatic rings. The Hall–Kier alpha value is -3.00. The normalized spacial score (nSPS) is 29.3. The van der Waals surface area contributed by atoms with Gasteiger partial charge >= 0.3 is 0 Å². The Morgan fingerprint density at radius 1 is 1.03 bits per heavy atom. The number of aromatic nitrogens is 5. The lowest BCUT2D eigenvalue weighted by Gasteiger charge is -2.29. The lowest BCUT2D eigenvalue weighted by atomic mass is 9.92. The third-order valence-electron chi connectivity index (χ3n) is 6.48. The summed E-state index contributed by atoms with van der Waals surface area (Å²) in [5.74, 6) is 1.34. The van der Waals surface area contributed by atoms with Crippen LogP contribution in [0, 0.1) is 0 Å². The van der Waals surface area contributed by atoms with Gasteiger partial charge < -0.3 is 10.1 Å². The topological polar surface area (TPSA) is 80.8 Å². The molecule has 6 heterocycles. The van der Waals surface area contributed by atoms with E-state index in [4.69, 9.17) is 4.74 Å². The van der Waals surface area contributed by atoms with Gasteiger partial charge in [-0.1, -0.05) is 0 Å². The molecule has 0 bridgehead atoms. The fourth-order valence-electron chi connectivity index (χ4n) is 5.17. The van der Waals surface area contributed by atoms with Crippen LogP contribution in [-0.4, -0.2) is 61.1 Å². The second-order valence-corrected chi connectivity index (χ2v) is 8.11. The van der Waals surface area contributed by atoms with Gasteiger partial charge in [0.15, 0.2) is 0 Å². The van der Waals surface area contributed by atoms with Crippen molar-refractivity contribution in [2.75, 3.05) is 12.4 Å². The van der Waals surface area contributed by atoms with Crippen molar-refractivity contribution in [3.63, 3.8) is 0 Å². The molecule has 1 N–H and O–H groups in total. The summed E-state index contributed by atoms with van der Waals surface area (Å²) in [5.41, 5.74) is 2.23. The third-order valence-corrected chi connectivity index (χ3v) is 6.48. The van der Waals surface area contributed by atoms with E-state index in [9.17, 15) is 0 Å². The molecule has 8 heteroatoms. The summed E-state index contributed by atoms with van der Waals surface area (Å²) in [6.45, 7) is 0. The van der Waals surface area contributed by atoms with Crippen LogP contribution in [0.3, 0.4) is 0 Å². The van der Waals surface area contributed by atoms with Gasteiger partial charge in [-0.05, 0) is 56.0 Å². The summed E-state index contributed by atoms with van der Waals surface area (Å²) in [6.07, 6.45) is 8.76. The number of pyridine rings is 1. The summed E-state index contributed by atoms with van der Waals surface area (Å²) >= 11 is 0. The van der Waals surface area contributed by atoms with E-state index in [2.05, 4.69) is 30.5 Å². The summed E-state index contributed by atoms with van der Waals surface area (Å²) in [5, 5.41) is 16.6. The molecule has 148 valence electrons. The zero-order chi connectivity index (χ0) is 19.4. The smallest absolute Gasteiger partial charge is 0.240 e. The van der Waals surface area contributed by atoms with Crippen LogP contribution in [0.15, 0.2) is 42.7 Å². The quantitative estimate of drug-likeness (QED) is 0.672. The largest absolute Gasteiger partial charge is 0.479 e. The van der Waals surface area contributed by atoms with Crippen molar-refractivity contribution in [1.29, 1.82) is 0 Å². The number of nitrogens with zero attached hydrogens (tertiary/aromatic N) is 6. The van der Waals surface area contributed by atoms with Gasteiger partial charge in [0.2, 0.25) is 5.88 Å². The number of hydrogen-bond donors (Lipinski definition) is 1. The first kappa shape index (κ1) is 16.9. The van der Waals surface area contributed by atoms with Crippen LogP contribution in [0.25, 0.3) is 17.1 Å². The SMILES string of the molecule is COc1nc(-c2ccc(NC3CC4[C@H]5CC[C@@H](C3)N45)nn2)ccc1-n1cccn1. The highest BCUT2D eigenvalue weighted by Crippen LogP contribution is 2.50. The third kappa shape index (κ3) is 2.86.